The van der Waals surface area contributed by atoms with E-state index in [0.29, 0.717) is 11.6 Å². The number of hydrogen-bond donors (Lipinski definition) is 4. The Morgan fingerprint density at radius 1 is 1.29 bits per heavy atom. The van der Waals surface area contributed by atoms with E-state index in [2.05, 4.69) is 15.5 Å². The number of hydrogen-bond acceptors (Lipinski definition) is 4. The first kappa shape index (κ1) is 13.6. The van der Waals surface area contributed by atoms with Gasteiger partial charge in [-0.25, -0.2) is 0 Å². The van der Waals surface area contributed by atoms with Gasteiger partial charge in [0.05, 0.1) is 16.5 Å². The number of aromatic nitrogens is 2. The molecule has 1 atom stereocenters. The number of amides is 1. The third-order valence-corrected chi connectivity index (χ3v) is 3.75. The first-order chi connectivity index (χ1) is 10.1. The van der Waals surface area contributed by atoms with Crippen LogP contribution < -0.4 is 22.2 Å². The summed E-state index contributed by atoms with van der Waals surface area (Å²) in [7, 11) is 0. The summed E-state index contributed by atoms with van der Waals surface area (Å²) >= 11 is 0. The normalized spacial score (nSPS) is 15.9. The lowest BCUT2D eigenvalue weighted by Crippen LogP contribution is -2.29. The van der Waals surface area contributed by atoms with Crippen LogP contribution in [0.2, 0.25) is 0 Å². The van der Waals surface area contributed by atoms with Crippen molar-refractivity contribution in [3.05, 3.63) is 38.9 Å². The topological polar surface area (TPSA) is 121 Å². The van der Waals surface area contributed by atoms with E-state index in [1.54, 1.807) is 12.1 Å². The predicted molar refractivity (Wildman–Crippen MR) is 79.1 cm³/mol. The number of carbonyl (C=O) groups excluding carboxylic acids is 1. The van der Waals surface area contributed by atoms with E-state index >= 15 is 0 Å². The molecular formula is C14H16N4O3. The molecule has 21 heavy (non-hydrogen) atoms. The van der Waals surface area contributed by atoms with E-state index in [9.17, 15) is 14.4 Å². The van der Waals surface area contributed by atoms with Crippen LogP contribution in [-0.2, 0) is 4.79 Å². The van der Waals surface area contributed by atoms with E-state index in [0.717, 1.165) is 12.8 Å². The molecular weight excluding hydrogens is 272 g/mol. The lowest BCUT2D eigenvalue weighted by molar-refractivity contribution is -0.116. The van der Waals surface area contributed by atoms with E-state index in [-0.39, 0.29) is 29.1 Å². The fourth-order valence-electron chi connectivity index (χ4n) is 2.44. The minimum atomic E-state index is -0.452. The molecule has 0 radical (unpaired) electrons. The number of nitrogens with one attached hydrogen (secondary N) is 3. The first-order valence-corrected chi connectivity index (χ1v) is 6.85. The highest BCUT2D eigenvalue weighted by Gasteiger charge is 2.29. The molecule has 1 heterocycles. The lowest BCUT2D eigenvalue weighted by Gasteiger charge is -2.11. The monoisotopic (exact) mass is 288 g/mol. The summed E-state index contributed by atoms with van der Waals surface area (Å²) in [6, 6.07) is 4.60. The maximum absolute atomic E-state index is 12.0. The number of fused-ring (bicyclic) bond motifs is 1. The van der Waals surface area contributed by atoms with Crippen LogP contribution in [0.4, 0.5) is 5.69 Å². The predicted octanol–water partition coefficient (Wildman–Crippen LogP) is 0.282. The summed E-state index contributed by atoms with van der Waals surface area (Å²) in [5.74, 6) is 0.177. The van der Waals surface area contributed by atoms with Gasteiger partial charge in [-0.1, -0.05) is 6.07 Å². The van der Waals surface area contributed by atoms with Crippen LogP contribution in [0.15, 0.2) is 27.8 Å². The van der Waals surface area contributed by atoms with Crippen molar-refractivity contribution in [3.63, 3.8) is 0 Å². The molecule has 1 unspecified atom stereocenters. The smallest absolute Gasteiger partial charge is 0.272 e. The van der Waals surface area contributed by atoms with Crippen LogP contribution in [0, 0.1) is 5.92 Å². The molecule has 7 nitrogen and oxygen atoms in total. The van der Waals surface area contributed by atoms with Crippen molar-refractivity contribution >= 4 is 22.4 Å². The quantitative estimate of drug-likeness (QED) is 0.645. The van der Waals surface area contributed by atoms with Gasteiger partial charge >= 0.3 is 0 Å². The molecule has 0 spiro atoms. The SMILES string of the molecule is NC(CC(=O)Nc1cccc2c(=O)[nH][nH]c(=O)c12)C1CC1. The molecule has 5 N–H and O–H groups in total. The number of nitrogens with two attached hydrogens (primary N) is 1. The Kier molecular flexibility index (Phi) is 3.34. The first-order valence-electron chi connectivity index (χ1n) is 6.85. The van der Waals surface area contributed by atoms with Crippen LogP contribution in [0.3, 0.4) is 0 Å². The van der Waals surface area contributed by atoms with Crippen LogP contribution >= 0.6 is 0 Å². The Bertz CT molecular complexity index is 804. The number of aromatic amines is 2. The molecule has 7 heteroatoms. The Hall–Kier alpha value is -2.41. The summed E-state index contributed by atoms with van der Waals surface area (Å²) in [6.07, 6.45) is 2.34. The summed E-state index contributed by atoms with van der Waals surface area (Å²) in [4.78, 5) is 35.6. The van der Waals surface area contributed by atoms with E-state index in [4.69, 9.17) is 5.73 Å². The van der Waals surface area contributed by atoms with Gasteiger partial charge in [0.15, 0.2) is 0 Å². The highest BCUT2D eigenvalue weighted by molar-refractivity contribution is 6.01. The Balaban J connectivity index is 1.90. The summed E-state index contributed by atoms with van der Waals surface area (Å²) in [5, 5.41) is 7.60. The molecule has 1 aliphatic rings. The Labute approximate surface area is 119 Å². The number of benzene rings is 1. The molecule has 1 aromatic carbocycles. The van der Waals surface area contributed by atoms with Crippen LogP contribution in [-0.4, -0.2) is 22.1 Å². The fraction of sp³-hybridized carbons (Fsp3) is 0.357. The molecule has 0 aliphatic heterocycles. The lowest BCUT2D eigenvalue weighted by atomic mass is 10.1. The van der Waals surface area contributed by atoms with Crippen molar-refractivity contribution in [2.24, 2.45) is 11.7 Å². The highest BCUT2D eigenvalue weighted by atomic mass is 16.2. The second-order valence-corrected chi connectivity index (χ2v) is 5.39. The molecule has 1 fully saturated rings. The maximum Gasteiger partial charge on any atom is 0.272 e. The van der Waals surface area contributed by atoms with Gasteiger partial charge in [-0.2, -0.15) is 0 Å². The van der Waals surface area contributed by atoms with Crippen LogP contribution in [0.25, 0.3) is 10.8 Å². The molecule has 0 saturated heterocycles. The minimum absolute atomic E-state index is 0.151. The molecule has 3 rings (SSSR count). The van der Waals surface area contributed by atoms with Gasteiger partial charge in [0.1, 0.15) is 0 Å². The second-order valence-electron chi connectivity index (χ2n) is 5.39. The van der Waals surface area contributed by atoms with Gasteiger partial charge < -0.3 is 11.1 Å². The van der Waals surface area contributed by atoms with Crippen molar-refractivity contribution in [1.82, 2.24) is 10.2 Å². The van der Waals surface area contributed by atoms with Crippen molar-refractivity contribution < 1.29 is 4.79 Å². The van der Waals surface area contributed by atoms with Gasteiger partial charge in [0, 0.05) is 12.5 Å². The maximum atomic E-state index is 12.0. The second kappa shape index (κ2) is 5.17. The van der Waals surface area contributed by atoms with Crippen molar-refractivity contribution in [2.45, 2.75) is 25.3 Å². The zero-order valence-corrected chi connectivity index (χ0v) is 11.3. The largest absolute Gasteiger partial charge is 0.327 e. The zero-order valence-electron chi connectivity index (χ0n) is 11.3. The molecule has 110 valence electrons. The molecule has 2 aromatic rings. The average Bonchev–Trinajstić information content (AvgIpc) is 3.27. The highest BCUT2D eigenvalue weighted by Crippen LogP contribution is 2.32. The van der Waals surface area contributed by atoms with Crippen LogP contribution in [0.1, 0.15) is 19.3 Å². The molecule has 1 aromatic heterocycles. The van der Waals surface area contributed by atoms with E-state index in [1.165, 1.54) is 6.07 Å². The van der Waals surface area contributed by atoms with Gasteiger partial charge in [0.2, 0.25) is 5.91 Å². The van der Waals surface area contributed by atoms with Gasteiger partial charge in [-0.3, -0.25) is 24.6 Å². The molecule has 1 amide bonds. The van der Waals surface area contributed by atoms with Gasteiger partial charge in [0.25, 0.3) is 11.1 Å². The molecule has 1 aliphatic carbocycles. The van der Waals surface area contributed by atoms with E-state index < -0.39 is 11.1 Å². The number of H-pyrrole nitrogens is 2. The standard InChI is InChI=1S/C14H16N4O3/c15-9(7-4-5-7)6-11(19)16-10-3-1-2-8-12(10)14(21)18-17-13(8)20/h1-3,7,9H,4-6,15H2,(H,16,19)(H,17,20)(H,18,21). The number of rotatable bonds is 4. The number of anilines is 1. The zero-order chi connectivity index (χ0) is 15.0. The van der Waals surface area contributed by atoms with Crippen LogP contribution in [0.5, 0.6) is 0 Å². The molecule has 0 bridgehead atoms. The van der Waals surface area contributed by atoms with E-state index in [1.807, 2.05) is 0 Å². The van der Waals surface area contributed by atoms with Gasteiger partial charge in [-0.15, -0.1) is 0 Å². The Morgan fingerprint density at radius 3 is 2.71 bits per heavy atom. The van der Waals surface area contributed by atoms with Gasteiger partial charge in [-0.05, 0) is 30.9 Å². The average molecular weight is 288 g/mol. The third kappa shape index (κ3) is 2.73. The number of carbonyl (C=O) groups is 1. The van der Waals surface area contributed by atoms with Crippen molar-refractivity contribution in [2.75, 3.05) is 5.32 Å². The Morgan fingerprint density at radius 2 is 2.00 bits per heavy atom. The van der Waals surface area contributed by atoms with Crippen molar-refractivity contribution in [3.8, 4) is 0 Å². The molecule has 1 saturated carbocycles. The van der Waals surface area contributed by atoms with Crippen molar-refractivity contribution in [1.29, 1.82) is 0 Å². The summed E-state index contributed by atoms with van der Waals surface area (Å²) in [5.41, 5.74) is 5.38. The summed E-state index contributed by atoms with van der Waals surface area (Å²) in [6.45, 7) is 0. The third-order valence-electron chi connectivity index (χ3n) is 3.75. The summed E-state index contributed by atoms with van der Waals surface area (Å²) < 4.78 is 0. The minimum Gasteiger partial charge on any atom is -0.327 e. The fourth-order valence-corrected chi connectivity index (χ4v) is 2.44.